The summed E-state index contributed by atoms with van der Waals surface area (Å²) in [5.74, 6) is 1.42. The molecule has 0 saturated heterocycles. The Labute approximate surface area is 356 Å². The Morgan fingerprint density at radius 2 is 1.46 bits per heavy atom. The van der Waals surface area contributed by atoms with Crippen molar-refractivity contribution in [3.63, 3.8) is 0 Å². The standard InChI is InChI=1S/C29H26NO.C23H32NSi.Ir/c1-19-5-7-21(8-6-19)22-9-11-24-25-16-23(10-12-27(25)31-28(24)17-22)26-15-20(13-14-30-26)18-29(2,3)4;1-17(2)19-10-12-20(13-11-19)22-15-21(14-18-8-6-7-9-18)23(16-24-22)25(3,4)5;/h5-9,11-17H,18H2,1-4H3;10-12,15-18H,6-9,14H2,1-5H3;/q2*-1;. The minimum absolute atomic E-state index is 0. The van der Waals surface area contributed by atoms with E-state index in [-0.39, 0.29) is 25.5 Å². The van der Waals surface area contributed by atoms with E-state index in [0.29, 0.717) is 5.92 Å². The summed E-state index contributed by atoms with van der Waals surface area (Å²) < 4.78 is 6.17. The number of furan rings is 1. The summed E-state index contributed by atoms with van der Waals surface area (Å²) in [4.78, 5) is 9.44. The van der Waals surface area contributed by atoms with Gasteiger partial charge in [-0.2, -0.15) is 0 Å². The third-order valence-electron chi connectivity index (χ3n) is 11.2. The first-order valence-corrected chi connectivity index (χ1v) is 24.1. The van der Waals surface area contributed by atoms with Crippen LogP contribution in [-0.2, 0) is 32.9 Å². The van der Waals surface area contributed by atoms with Crippen molar-refractivity contribution in [3.05, 3.63) is 138 Å². The number of fused-ring (bicyclic) bond motifs is 3. The normalized spacial score (nSPS) is 13.5. The summed E-state index contributed by atoms with van der Waals surface area (Å²) in [6.07, 6.45) is 12.0. The van der Waals surface area contributed by atoms with E-state index >= 15 is 0 Å². The molecule has 1 aliphatic rings. The Balaban J connectivity index is 0.000000194. The van der Waals surface area contributed by atoms with E-state index in [1.54, 1.807) is 10.8 Å². The molecule has 0 aliphatic heterocycles. The molecule has 5 heteroatoms. The summed E-state index contributed by atoms with van der Waals surface area (Å²) in [6, 6.07) is 39.2. The van der Waals surface area contributed by atoms with Gasteiger partial charge in [-0.1, -0.05) is 156 Å². The number of aryl methyl sites for hydroxylation is 1. The largest absolute Gasteiger partial charge is 0.500 e. The van der Waals surface area contributed by atoms with E-state index in [0.717, 1.165) is 62.4 Å². The van der Waals surface area contributed by atoms with E-state index in [1.165, 1.54) is 54.4 Å². The van der Waals surface area contributed by atoms with Crippen molar-refractivity contribution in [2.75, 3.05) is 0 Å². The maximum absolute atomic E-state index is 6.17. The first-order valence-electron chi connectivity index (χ1n) is 20.6. The molecular weight excluding hydrogens is 889 g/mol. The molecule has 1 fully saturated rings. The molecule has 57 heavy (non-hydrogen) atoms. The first kappa shape index (κ1) is 42.5. The van der Waals surface area contributed by atoms with Gasteiger partial charge in [0.1, 0.15) is 5.58 Å². The number of rotatable bonds is 8. The second-order valence-corrected chi connectivity index (χ2v) is 23.7. The van der Waals surface area contributed by atoms with Crippen molar-refractivity contribution < 1.29 is 24.5 Å². The SMILES string of the molecule is CC(C)c1c[c-]c(-c2cc(CC3CCCC3)c([Si](C)(C)C)cn2)cc1.Cc1ccc(-c2ccc3c(c2)oc2c[c-]c(-c4cc(CC(C)(C)C)ccn4)cc23)cc1.[Ir]. The van der Waals surface area contributed by atoms with E-state index in [4.69, 9.17) is 9.40 Å². The van der Waals surface area contributed by atoms with E-state index < -0.39 is 8.07 Å². The zero-order valence-corrected chi connectivity index (χ0v) is 38.7. The molecular formula is C52H58IrN2OSi-2. The van der Waals surface area contributed by atoms with Crippen LogP contribution in [0.5, 0.6) is 0 Å². The fourth-order valence-electron chi connectivity index (χ4n) is 8.11. The van der Waals surface area contributed by atoms with Gasteiger partial charge in [0.15, 0.2) is 0 Å². The number of nitrogens with zero attached hydrogens (tertiary/aromatic N) is 2. The fourth-order valence-corrected chi connectivity index (χ4v) is 9.70. The van der Waals surface area contributed by atoms with Crippen LogP contribution in [0.1, 0.15) is 88.5 Å². The van der Waals surface area contributed by atoms with Crippen LogP contribution < -0.4 is 5.19 Å². The molecule has 1 aliphatic carbocycles. The molecule has 3 heterocycles. The van der Waals surface area contributed by atoms with Gasteiger partial charge in [0.05, 0.1) is 13.7 Å². The van der Waals surface area contributed by atoms with Crippen molar-refractivity contribution in [1.82, 2.24) is 9.97 Å². The third-order valence-corrected chi connectivity index (χ3v) is 13.3. The van der Waals surface area contributed by atoms with E-state index in [1.807, 2.05) is 12.3 Å². The van der Waals surface area contributed by atoms with Crippen LogP contribution in [-0.4, -0.2) is 18.0 Å². The second-order valence-electron chi connectivity index (χ2n) is 18.6. The van der Waals surface area contributed by atoms with E-state index in [9.17, 15) is 0 Å². The Morgan fingerprint density at radius 1 is 0.754 bits per heavy atom. The van der Waals surface area contributed by atoms with Crippen LogP contribution in [0.15, 0.2) is 108 Å². The number of benzene rings is 4. The molecule has 8 rings (SSSR count). The Hall–Kier alpha value is -4.15. The molecule has 0 bridgehead atoms. The van der Waals surface area contributed by atoms with Crippen molar-refractivity contribution >= 4 is 35.2 Å². The van der Waals surface area contributed by atoms with Gasteiger partial charge in [-0.05, 0) is 70.9 Å². The summed E-state index contributed by atoms with van der Waals surface area (Å²) in [5, 5.41) is 3.76. The van der Waals surface area contributed by atoms with Gasteiger partial charge in [-0.15, -0.1) is 59.2 Å². The van der Waals surface area contributed by atoms with Gasteiger partial charge in [-0.3, -0.25) is 0 Å². The molecule has 0 amide bonds. The molecule has 3 aromatic heterocycles. The summed E-state index contributed by atoms with van der Waals surface area (Å²) in [6.45, 7) is 20.6. The Morgan fingerprint density at radius 3 is 2.12 bits per heavy atom. The maximum atomic E-state index is 6.17. The van der Waals surface area contributed by atoms with Gasteiger partial charge in [0, 0.05) is 37.9 Å². The zero-order chi connectivity index (χ0) is 39.6. The van der Waals surface area contributed by atoms with Crippen LogP contribution in [0.25, 0.3) is 55.6 Å². The Bertz CT molecular complexity index is 2430. The molecule has 1 saturated carbocycles. The average molecular weight is 947 g/mol. The minimum Gasteiger partial charge on any atom is -0.500 e. The third kappa shape index (κ3) is 10.5. The minimum atomic E-state index is -1.37. The molecule has 7 aromatic rings. The molecule has 4 aromatic carbocycles. The van der Waals surface area contributed by atoms with Crippen LogP contribution in [0.4, 0.5) is 0 Å². The summed E-state index contributed by atoms with van der Waals surface area (Å²) in [5.41, 5.74) is 14.0. The molecule has 297 valence electrons. The molecule has 0 atom stereocenters. The van der Waals surface area contributed by atoms with Gasteiger partial charge in [-0.25, -0.2) is 0 Å². The van der Waals surface area contributed by atoms with Gasteiger partial charge < -0.3 is 14.4 Å². The van der Waals surface area contributed by atoms with Crippen molar-refractivity contribution in [2.45, 2.75) is 106 Å². The van der Waals surface area contributed by atoms with Crippen LogP contribution in [0.3, 0.4) is 0 Å². The first-order chi connectivity index (χ1) is 26.7. The maximum Gasteiger partial charge on any atom is 0.121 e. The monoisotopic (exact) mass is 947 g/mol. The molecule has 0 N–H and O–H groups in total. The fraction of sp³-hybridized carbons (Fsp3) is 0.346. The zero-order valence-electron chi connectivity index (χ0n) is 35.3. The van der Waals surface area contributed by atoms with Gasteiger partial charge >= 0.3 is 0 Å². The number of hydrogen-bond acceptors (Lipinski definition) is 3. The van der Waals surface area contributed by atoms with Crippen LogP contribution in [0, 0.1) is 30.4 Å². The summed E-state index contributed by atoms with van der Waals surface area (Å²) in [7, 11) is -1.37. The van der Waals surface area contributed by atoms with Crippen molar-refractivity contribution in [3.8, 4) is 33.6 Å². The molecule has 1 radical (unpaired) electrons. The number of aromatic nitrogens is 2. The number of hydrogen-bond donors (Lipinski definition) is 0. The van der Waals surface area contributed by atoms with Gasteiger partial charge in [0.2, 0.25) is 0 Å². The molecule has 0 unspecified atom stereocenters. The Kier molecular flexibility index (Phi) is 13.2. The van der Waals surface area contributed by atoms with Crippen LogP contribution in [0.2, 0.25) is 19.6 Å². The van der Waals surface area contributed by atoms with Crippen molar-refractivity contribution in [1.29, 1.82) is 0 Å². The molecule has 0 spiro atoms. The summed E-state index contributed by atoms with van der Waals surface area (Å²) >= 11 is 0. The average Bonchev–Trinajstić information content (AvgIpc) is 3.81. The molecule has 3 nitrogen and oxygen atoms in total. The van der Waals surface area contributed by atoms with Crippen molar-refractivity contribution in [2.24, 2.45) is 11.3 Å². The smallest absolute Gasteiger partial charge is 0.121 e. The quantitative estimate of drug-likeness (QED) is 0.113. The number of pyridine rings is 2. The van der Waals surface area contributed by atoms with Gasteiger partial charge in [0.25, 0.3) is 0 Å². The van der Waals surface area contributed by atoms with E-state index in [2.05, 4.69) is 169 Å². The topological polar surface area (TPSA) is 38.9 Å². The predicted octanol–water partition coefficient (Wildman–Crippen LogP) is 14.0. The second kappa shape index (κ2) is 17.8. The predicted molar refractivity (Wildman–Crippen MR) is 240 cm³/mol. The van der Waals surface area contributed by atoms with Crippen LogP contribution >= 0.6 is 0 Å².